The van der Waals surface area contributed by atoms with Gasteiger partial charge >= 0.3 is 5.97 Å². The van der Waals surface area contributed by atoms with Crippen molar-refractivity contribution in [3.63, 3.8) is 0 Å². The third kappa shape index (κ3) is 4.42. The Morgan fingerprint density at radius 2 is 1.77 bits per heavy atom. The van der Waals surface area contributed by atoms with Crippen molar-refractivity contribution >= 4 is 39.4 Å². The van der Waals surface area contributed by atoms with E-state index in [0.717, 1.165) is 4.31 Å². The molecule has 0 radical (unpaired) electrons. The van der Waals surface area contributed by atoms with Crippen LogP contribution in [0.25, 0.3) is 0 Å². The number of hydrogen-bond acceptors (Lipinski definition) is 6. The number of sulfonamides is 1. The molecule has 3 rings (SSSR count). The topological polar surface area (TPSA) is 110 Å². The van der Waals surface area contributed by atoms with Gasteiger partial charge in [0.1, 0.15) is 4.90 Å². The van der Waals surface area contributed by atoms with Gasteiger partial charge in [-0.25, -0.2) is 12.7 Å². The van der Waals surface area contributed by atoms with Gasteiger partial charge in [0.15, 0.2) is 0 Å². The van der Waals surface area contributed by atoms with E-state index in [-0.39, 0.29) is 22.4 Å². The minimum Gasteiger partial charge on any atom is -0.469 e. The number of nitrogens with one attached hydrogen (secondary N) is 1. The predicted molar refractivity (Wildman–Crippen MR) is 113 cm³/mol. The third-order valence-electron chi connectivity index (χ3n) is 4.86. The largest absolute Gasteiger partial charge is 0.469 e. The van der Waals surface area contributed by atoms with Crippen molar-refractivity contribution in [1.82, 2.24) is 9.62 Å². The highest BCUT2D eigenvalue weighted by Crippen LogP contribution is 2.32. The minimum absolute atomic E-state index is 0.0223. The number of halogens is 1. The molecule has 0 spiro atoms. The Labute approximate surface area is 185 Å². The maximum Gasteiger partial charge on any atom is 0.307 e. The third-order valence-corrected chi connectivity index (χ3v) is 7.11. The van der Waals surface area contributed by atoms with Crippen LogP contribution in [0.1, 0.15) is 52.6 Å². The number of hydrogen-bond donors (Lipinski definition) is 1. The van der Waals surface area contributed by atoms with E-state index in [1.807, 2.05) is 0 Å². The van der Waals surface area contributed by atoms with Gasteiger partial charge in [-0.05, 0) is 49.7 Å². The molecule has 0 saturated carbocycles. The quantitative estimate of drug-likeness (QED) is 0.658. The van der Waals surface area contributed by atoms with Gasteiger partial charge in [0.25, 0.3) is 21.8 Å². The first-order chi connectivity index (χ1) is 14.6. The van der Waals surface area contributed by atoms with Crippen LogP contribution in [0.15, 0.2) is 47.4 Å². The van der Waals surface area contributed by atoms with E-state index in [1.165, 1.54) is 25.3 Å². The van der Waals surface area contributed by atoms with Gasteiger partial charge in [-0.2, -0.15) is 0 Å². The molecule has 2 aromatic carbocycles. The highest BCUT2D eigenvalue weighted by molar-refractivity contribution is 7.90. The molecule has 1 heterocycles. The molecular formula is C21H21ClN2O6S. The highest BCUT2D eigenvalue weighted by Gasteiger charge is 2.43. The summed E-state index contributed by atoms with van der Waals surface area (Å²) in [6.45, 7) is 3.19. The maximum atomic E-state index is 12.9. The van der Waals surface area contributed by atoms with E-state index in [0.29, 0.717) is 10.6 Å². The lowest BCUT2D eigenvalue weighted by Crippen LogP contribution is -2.36. The summed E-state index contributed by atoms with van der Waals surface area (Å²) in [6.07, 6.45) is -0.132. The monoisotopic (exact) mass is 464 g/mol. The number of fused-ring (bicyclic) bond motifs is 1. The zero-order chi connectivity index (χ0) is 22.9. The van der Waals surface area contributed by atoms with E-state index in [9.17, 15) is 22.8 Å². The first kappa shape index (κ1) is 22.8. The van der Waals surface area contributed by atoms with Gasteiger partial charge in [-0.3, -0.25) is 14.4 Å². The number of methoxy groups -OCH3 is 1. The fourth-order valence-corrected chi connectivity index (χ4v) is 5.26. The number of nitrogens with zero attached hydrogens (tertiary/aromatic N) is 1. The Balaban J connectivity index is 1.92. The van der Waals surface area contributed by atoms with Crippen LogP contribution in [0.2, 0.25) is 5.02 Å². The molecule has 1 atom stereocenters. The molecule has 10 heteroatoms. The zero-order valence-electron chi connectivity index (χ0n) is 17.1. The molecule has 0 aromatic heterocycles. The fourth-order valence-electron chi connectivity index (χ4n) is 3.34. The second kappa shape index (κ2) is 8.68. The van der Waals surface area contributed by atoms with Crippen LogP contribution in [0.3, 0.4) is 0 Å². The molecule has 2 aromatic rings. The number of amides is 2. The van der Waals surface area contributed by atoms with Crippen molar-refractivity contribution in [3.8, 4) is 0 Å². The summed E-state index contributed by atoms with van der Waals surface area (Å²) in [6, 6.07) is 9.19. The molecule has 1 aliphatic rings. The zero-order valence-corrected chi connectivity index (χ0v) is 18.7. The van der Waals surface area contributed by atoms with Crippen LogP contribution in [-0.4, -0.2) is 43.7 Å². The Morgan fingerprint density at radius 3 is 2.35 bits per heavy atom. The van der Waals surface area contributed by atoms with Crippen LogP contribution in [-0.2, 0) is 19.6 Å². The fraction of sp³-hybridized carbons (Fsp3) is 0.286. The molecule has 0 aliphatic carbocycles. The molecule has 1 aliphatic heterocycles. The first-order valence-electron chi connectivity index (χ1n) is 9.42. The molecule has 1 N–H and O–H groups in total. The van der Waals surface area contributed by atoms with Crippen molar-refractivity contribution in [1.29, 1.82) is 0 Å². The van der Waals surface area contributed by atoms with Crippen molar-refractivity contribution < 1.29 is 27.5 Å². The van der Waals surface area contributed by atoms with Crippen LogP contribution >= 0.6 is 11.6 Å². The normalized spacial score (nSPS) is 15.5. The lowest BCUT2D eigenvalue weighted by atomic mass is 10.0. The Morgan fingerprint density at radius 1 is 1.13 bits per heavy atom. The molecule has 2 amide bonds. The Bertz CT molecular complexity index is 1140. The first-order valence-corrected chi connectivity index (χ1v) is 11.2. The van der Waals surface area contributed by atoms with E-state index in [4.69, 9.17) is 16.3 Å². The summed E-state index contributed by atoms with van der Waals surface area (Å²) < 4.78 is 31.0. The number of esters is 1. The molecule has 0 fully saturated rings. The molecule has 164 valence electrons. The van der Waals surface area contributed by atoms with E-state index in [1.54, 1.807) is 38.1 Å². The van der Waals surface area contributed by atoms with Crippen LogP contribution < -0.4 is 5.32 Å². The van der Waals surface area contributed by atoms with E-state index >= 15 is 0 Å². The van der Waals surface area contributed by atoms with Crippen LogP contribution in [0.5, 0.6) is 0 Å². The number of benzene rings is 2. The second-order valence-electron chi connectivity index (χ2n) is 7.27. The van der Waals surface area contributed by atoms with Gasteiger partial charge in [0.05, 0.1) is 25.1 Å². The number of carbonyl (C=O) groups excluding carboxylic acids is 3. The standard InChI is InChI=1S/C21H21ClN2O6S/c1-12(2)24-21(27)16-9-6-14(10-18(16)31(24,28)29)20(26)23-17(11-19(25)30-3)13-4-7-15(22)8-5-13/h4-10,12,17H,11H2,1-3H3,(H,23,26). The maximum absolute atomic E-state index is 12.9. The smallest absolute Gasteiger partial charge is 0.307 e. The van der Waals surface area contributed by atoms with Gasteiger partial charge in [-0.1, -0.05) is 23.7 Å². The van der Waals surface area contributed by atoms with Crippen molar-refractivity contribution in [2.24, 2.45) is 0 Å². The molecule has 31 heavy (non-hydrogen) atoms. The van der Waals surface area contributed by atoms with E-state index in [2.05, 4.69) is 5.32 Å². The Kier molecular flexibility index (Phi) is 6.38. The molecule has 0 bridgehead atoms. The average Bonchev–Trinajstić information content (AvgIpc) is 2.92. The molecule has 0 saturated heterocycles. The number of rotatable bonds is 6. The summed E-state index contributed by atoms with van der Waals surface area (Å²) in [5.41, 5.74) is 0.691. The second-order valence-corrected chi connectivity index (χ2v) is 9.49. The summed E-state index contributed by atoms with van der Waals surface area (Å²) in [4.78, 5) is 37.0. The SMILES string of the molecule is COC(=O)CC(NC(=O)c1ccc2c(c1)S(=O)(=O)N(C(C)C)C2=O)c1ccc(Cl)cc1. The molecule has 1 unspecified atom stereocenters. The van der Waals surface area contributed by atoms with Crippen molar-refractivity contribution in [3.05, 3.63) is 64.2 Å². The van der Waals surface area contributed by atoms with Crippen LogP contribution in [0.4, 0.5) is 0 Å². The molecular weight excluding hydrogens is 444 g/mol. The van der Waals surface area contributed by atoms with E-state index < -0.39 is 39.9 Å². The highest BCUT2D eigenvalue weighted by atomic mass is 35.5. The van der Waals surface area contributed by atoms with Crippen molar-refractivity contribution in [2.75, 3.05) is 7.11 Å². The predicted octanol–water partition coefficient (Wildman–Crippen LogP) is 2.93. The molecule has 8 nitrogen and oxygen atoms in total. The number of carbonyl (C=O) groups is 3. The van der Waals surface area contributed by atoms with Gasteiger partial charge in [-0.15, -0.1) is 0 Å². The lowest BCUT2D eigenvalue weighted by Gasteiger charge is -2.19. The van der Waals surface area contributed by atoms with Gasteiger partial charge < -0.3 is 10.1 Å². The average molecular weight is 465 g/mol. The summed E-state index contributed by atoms with van der Waals surface area (Å²) in [7, 11) is -2.80. The summed E-state index contributed by atoms with van der Waals surface area (Å²) in [5, 5.41) is 3.22. The number of ether oxygens (including phenoxy) is 1. The lowest BCUT2D eigenvalue weighted by molar-refractivity contribution is -0.141. The minimum atomic E-state index is -4.04. The van der Waals surface area contributed by atoms with Gasteiger partial charge in [0, 0.05) is 16.6 Å². The van der Waals surface area contributed by atoms with Crippen molar-refractivity contribution in [2.45, 2.75) is 37.2 Å². The summed E-state index contributed by atoms with van der Waals surface area (Å²) in [5.74, 6) is -1.76. The summed E-state index contributed by atoms with van der Waals surface area (Å²) >= 11 is 5.91. The van der Waals surface area contributed by atoms with Crippen LogP contribution in [0, 0.1) is 0 Å². The van der Waals surface area contributed by atoms with Gasteiger partial charge in [0.2, 0.25) is 0 Å². The Hall–Kier alpha value is -2.91.